The summed E-state index contributed by atoms with van der Waals surface area (Å²) in [7, 11) is 0. The topological polar surface area (TPSA) is 96.0 Å². The number of hydrogen-bond acceptors (Lipinski definition) is 7. The molecule has 6 atom stereocenters. The molecule has 0 spiro atoms. The Kier molecular flexibility index (Phi) is 6.14. The smallest absolute Gasteiger partial charge is 0.311 e. The van der Waals surface area contributed by atoms with Crippen LogP contribution in [0.4, 0.5) is 0 Å². The van der Waals surface area contributed by atoms with Gasteiger partial charge in [0.25, 0.3) is 0 Å². The van der Waals surface area contributed by atoms with Crippen LogP contribution in [-0.2, 0) is 33.4 Å². The van der Waals surface area contributed by atoms with E-state index in [9.17, 15) is 19.2 Å². The minimum Gasteiger partial charge on any atom is -0.461 e. The Labute approximate surface area is 189 Å². The molecule has 32 heavy (non-hydrogen) atoms. The molecule has 4 fully saturated rings. The molecule has 1 heterocycles. The Hall–Kier alpha value is -1.92. The minimum atomic E-state index is -0.634. The average Bonchev–Trinajstić information content (AvgIpc) is 3.50. The Morgan fingerprint density at radius 1 is 1.12 bits per heavy atom. The Morgan fingerprint density at radius 2 is 1.81 bits per heavy atom. The predicted molar refractivity (Wildman–Crippen MR) is 114 cm³/mol. The molecule has 1 saturated heterocycles. The van der Waals surface area contributed by atoms with Crippen LogP contribution in [0.3, 0.4) is 0 Å². The van der Waals surface area contributed by atoms with Crippen molar-refractivity contribution in [3.8, 4) is 0 Å². The summed E-state index contributed by atoms with van der Waals surface area (Å²) in [6.07, 6.45) is 5.78. The highest BCUT2D eigenvalue weighted by molar-refractivity contribution is 5.87. The maximum absolute atomic E-state index is 13.3. The van der Waals surface area contributed by atoms with Crippen molar-refractivity contribution in [2.24, 2.45) is 35.0 Å². The van der Waals surface area contributed by atoms with Gasteiger partial charge in [-0.05, 0) is 64.7 Å². The average molecular weight is 449 g/mol. The first-order valence-electron chi connectivity index (χ1n) is 12.2. The van der Waals surface area contributed by atoms with Crippen LogP contribution in [0.25, 0.3) is 0 Å². The highest BCUT2D eigenvalue weighted by atomic mass is 16.6. The summed E-state index contributed by atoms with van der Waals surface area (Å²) in [5.74, 6) is -2.53. The Balaban J connectivity index is 1.42. The zero-order valence-corrected chi connectivity index (χ0v) is 19.7. The highest BCUT2D eigenvalue weighted by Crippen LogP contribution is 2.61. The van der Waals surface area contributed by atoms with E-state index in [0.717, 1.165) is 32.1 Å². The highest BCUT2D eigenvalue weighted by Gasteiger charge is 2.69. The predicted octanol–water partition coefficient (Wildman–Crippen LogP) is 3.61. The summed E-state index contributed by atoms with van der Waals surface area (Å²) in [6, 6.07) is 0. The third-order valence-electron chi connectivity index (χ3n) is 8.78. The minimum absolute atomic E-state index is 0.0226. The molecular weight excluding hydrogens is 412 g/mol. The Bertz CT molecular complexity index is 794. The molecule has 0 N–H and O–H groups in total. The molecule has 4 aliphatic rings. The maximum Gasteiger partial charge on any atom is 0.311 e. The number of rotatable bonds is 9. The van der Waals surface area contributed by atoms with Crippen molar-refractivity contribution in [2.45, 2.75) is 90.8 Å². The van der Waals surface area contributed by atoms with Gasteiger partial charge in [-0.25, -0.2) is 0 Å². The van der Waals surface area contributed by atoms with E-state index < -0.39 is 28.8 Å². The number of esters is 3. The number of carbonyl (C=O) groups excluding carboxylic acids is 4. The van der Waals surface area contributed by atoms with E-state index >= 15 is 0 Å². The van der Waals surface area contributed by atoms with Gasteiger partial charge in [-0.2, -0.15) is 0 Å². The normalized spacial score (nSPS) is 34.4. The van der Waals surface area contributed by atoms with Crippen LogP contribution in [-0.4, -0.2) is 42.0 Å². The monoisotopic (exact) mass is 448 g/mol. The quantitative estimate of drug-likeness (QED) is 0.393. The van der Waals surface area contributed by atoms with E-state index in [1.165, 1.54) is 0 Å². The van der Waals surface area contributed by atoms with Crippen LogP contribution < -0.4 is 0 Å². The fraction of sp³-hybridized carbons (Fsp3) is 0.840. The van der Waals surface area contributed by atoms with Crippen molar-refractivity contribution < 1.29 is 33.4 Å². The van der Waals surface area contributed by atoms with Crippen molar-refractivity contribution in [3.63, 3.8) is 0 Å². The second kappa shape index (κ2) is 8.45. The van der Waals surface area contributed by atoms with Crippen LogP contribution in [0.15, 0.2) is 0 Å². The van der Waals surface area contributed by atoms with Crippen LogP contribution in [0.2, 0.25) is 0 Å². The van der Waals surface area contributed by atoms with Gasteiger partial charge in [0, 0.05) is 18.3 Å². The molecule has 4 rings (SSSR count). The van der Waals surface area contributed by atoms with Gasteiger partial charge in [-0.1, -0.05) is 13.8 Å². The summed E-state index contributed by atoms with van der Waals surface area (Å²) in [4.78, 5) is 50.8. The summed E-state index contributed by atoms with van der Waals surface area (Å²) < 4.78 is 17.0. The zero-order chi connectivity index (χ0) is 23.3. The molecule has 6 unspecified atom stereocenters. The van der Waals surface area contributed by atoms with Gasteiger partial charge < -0.3 is 14.2 Å². The second-order valence-electron chi connectivity index (χ2n) is 10.9. The van der Waals surface area contributed by atoms with Crippen molar-refractivity contribution in [1.82, 2.24) is 0 Å². The third kappa shape index (κ3) is 3.86. The second-order valence-corrected chi connectivity index (χ2v) is 10.9. The van der Waals surface area contributed by atoms with E-state index in [-0.39, 0.29) is 54.6 Å². The first-order chi connectivity index (χ1) is 15.1. The van der Waals surface area contributed by atoms with Crippen LogP contribution in [0.1, 0.15) is 79.1 Å². The number of ether oxygens (including phenoxy) is 3. The largest absolute Gasteiger partial charge is 0.461 e. The van der Waals surface area contributed by atoms with Gasteiger partial charge in [0.05, 0.1) is 17.3 Å². The Morgan fingerprint density at radius 3 is 2.44 bits per heavy atom. The number of hydrogen-bond donors (Lipinski definition) is 0. The first kappa shape index (κ1) is 23.2. The van der Waals surface area contributed by atoms with Crippen molar-refractivity contribution in [3.05, 3.63) is 0 Å². The molecule has 0 aromatic rings. The van der Waals surface area contributed by atoms with Gasteiger partial charge in [-0.15, -0.1) is 0 Å². The fourth-order valence-electron chi connectivity index (χ4n) is 6.41. The van der Waals surface area contributed by atoms with Crippen LogP contribution in [0.5, 0.6) is 0 Å². The molecule has 178 valence electrons. The molecule has 7 heteroatoms. The molecular formula is C25H36O7. The fourth-order valence-corrected chi connectivity index (χ4v) is 6.41. The van der Waals surface area contributed by atoms with Gasteiger partial charge in [0.1, 0.15) is 18.3 Å². The van der Waals surface area contributed by atoms with Crippen molar-refractivity contribution in [1.29, 1.82) is 0 Å². The molecule has 0 aromatic carbocycles. The molecule has 3 saturated carbocycles. The van der Waals surface area contributed by atoms with E-state index in [4.69, 9.17) is 14.2 Å². The van der Waals surface area contributed by atoms with E-state index in [0.29, 0.717) is 12.8 Å². The molecule has 0 amide bonds. The SMILES string of the molecule is CCC1(OC(=O)C2C3CC4C(OC(=O)C42)C3CC(=O)COC(=O)C(C)(C)CC)CCCC1. The molecule has 0 radical (unpaired) electrons. The lowest BCUT2D eigenvalue weighted by Crippen LogP contribution is -2.43. The molecule has 7 nitrogen and oxygen atoms in total. The van der Waals surface area contributed by atoms with E-state index in [1.807, 2.05) is 13.8 Å². The van der Waals surface area contributed by atoms with Crippen molar-refractivity contribution >= 4 is 23.7 Å². The third-order valence-corrected chi connectivity index (χ3v) is 8.78. The summed E-state index contributed by atoms with van der Waals surface area (Å²) in [5, 5.41) is 0. The first-order valence-corrected chi connectivity index (χ1v) is 12.2. The number of Topliss-reactive ketones (excluding diaryl/α,β-unsaturated/α-hetero) is 1. The van der Waals surface area contributed by atoms with Crippen molar-refractivity contribution in [2.75, 3.05) is 6.61 Å². The van der Waals surface area contributed by atoms with Gasteiger partial charge in [0.2, 0.25) is 0 Å². The lowest BCUT2D eigenvalue weighted by Gasteiger charge is -2.34. The number of carbonyl (C=O) groups is 4. The van der Waals surface area contributed by atoms with E-state index in [2.05, 4.69) is 0 Å². The van der Waals surface area contributed by atoms with E-state index in [1.54, 1.807) is 13.8 Å². The maximum atomic E-state index is 13.3. The van der Waals surface area contributed by atoms with Crippen LogP contribution >= 0.6 is 0 Å². The summed E-state index contributed by atoms with van der Waals surface area (Å²) in [5.41, 5.74) is -1.04. The number of ketones is 1. The molecule has 1 aliphatic heterocycles. The molecule has 2 bridgehead atoms. The number of fused-ring (bicyclic) bond motifs is 1. The molecule has 3 aliphatic carbocycles. The van der Waals surface area contributed by atoms with Gasteiger partial charge >= 0.3 is 17.9 Å². The standard InChI is InChI=1S/C25H36O7/c1-5-24(3,4)23(29)30-13-14(26)11-16-15-12-17-19(21(27)31-20(16)17)18(15)22(28)32-25(6-2)9-7-8-10-25/h15-20H,5-13H2,1-4H3. The summed E-state index contributed by atoms with van der Waals surface area (Å²) in [6.45, 7) is 7.24. The summed E-state index contributed by atoms with van der Waals surface area (Å²) >= 11 is 0. The zero-order valence-electron chi connectivity index (χ0n) is 19.7. The van der Waals surface area contributed by atoms with Gasteiger partial charge in [0.15, 0.2) is 5.78 Å². The van der Waals surface area contributed by atoms with Crippen LogP contribution in [0, 0.1) is 35.0 Å². The molecule has 0 aromatic heterocycles. The van der Waals surface area contributed by atoms with Gasteiger partial charge in [-0.3, -0.25) is 19.2 Å². The lowest BCUT2D eigenvalue weighted by atomic mass is 9.72. The lowest BCUT2D eigenvalue weighted by molar-refractivity contribution is -0.170.